The normalized spacial score (nSPS) is 11.5. The van der Waals surface area contributed by atoms with E-state index in [0.717, 1.165) is 33.2 Å². The molecule has 0 amide bonds. The summed E-state index contributed by atoms with van der Waals surface area (Å²) in [6, 6.07) is 4.43. The lowest BCUT2D eigenvalue weighted by Gasteiger charge is -2.07. The van der Waals surface area contributed by atoms with Crippen molar-refractivity contribution in [3.8, 4) is 11.1 Å². The molecule has 4 aromatic heterocycles. The van der Waals surface area contributed by atoms with Crippen LogP contribution in [0.4, 0.5) is 5.95 Å². The van der Waals surface area contributed by atoms with E-state index in [0.29, 0.717) is 12.0 Å². The van der Waals surface area contributed by atoms with Gasteiger partial charge in [-0.25, -0.2) is 9.50 Å². The molecule has 0 aliphatic rings. The van der Waals surface area contributed by atoms with Crippen LogP contribution in [-0.2, 0) is 0 Å². The summed E-state index contributed by atoms with van der Waals surface area (Å²) in [5.41, 5.74) is 5.01. The summed E-state index contributed by atoms with van der Waals surface area (Å²) >= 11 is 0. The molecule has 0 unspecified atom stereocenters. The second-order valence-corrected chi connectivity index (χ2v) is 6.01. The molecule has 4 rings (SSSR count). The van der Waals surface area contributed by atoms with E-state index in [1.165, 1.54) is 0 Å². The second-order valence-electron chi connectivity index (χ2n) is 6.01. The Bertz CT molecular complexity index is 1040. The monoisotopic (exact) mass is 318 g/mol. The lowest BCUT2D eigenvalue weighted by atomic mass is 10.1. The third kappa shape index (κ3) is 2.32. The minimum Gasteiger partial charge on any atom is -0.352 e. The number of pyridine rings is 1. The number of anilines is 1. The van der Waals surface area contributed by atoms with Crippen molar-refractivity contribution in [1.82, 2.24) is 24.6 Å². The van der Waals surface area contributed by atoms with Crippen LogP contribution in [-0.4, -0.2) is 30.6 Å². The van der Waals surface area contributed by atoms with Crippen LogP contribution >= 0.6 is 0 Å². The van der Waals surface area contributed by atoms with E-state index in [2.05, 4.69) is 51.9 Å². The van der Waals surface area contributed by atoms with Crippen molar-refractivity contribution in [1.29, 1.82) is 0 Å². The van der Waals surface area contributed by atoms with E-state index >= 15 is 0 Å². The Kier molecular flexibility index (Phi) is 3.30. The highest BCUT2D eigenvalue weighted by Crippen LogP contribution is 2.29. The van der Waals surface area contributed by atoms with Gasteiger partial charge in [0.05, 0.1) is 11.7 Å². The van der Waals surface area contributed by atoms with Gasteiger partial charge in [0.2, 0.25) is 5.95 Å². The van der Waals surface area contributed by atoms with Gasteiger partial charge in [0.1, 0.15) is 5.65 Å². The van der Waals surface area contributed by atoms with Crippen molar-refractivity contribution < 1.29 is 0 Å². The molecule has 4 aromatic rings. The van der Waals surface area contributed by atoms with Crippen LogP contribution in [0.25, 0.3) is 33.8 Å². The Hall–Kier alpha value is -3.15. The predicted molar refractivity (Wildman–Crippen MR) is 96.9 cm³/mol. The van der Waals surface area contributed by atoms with Crippen molar-refractivity contribution in [2.24, 2.45) is 0 Å². The summed E-state index contributed by atoms with van der Waals surface area (Å²) in [5.74, 6) is 0.631. The maximum atomic E-state index is 4.54. The van der Waals surface area contributed by atoms with Crippen LogP contribution in [0.3, 0.4) is 0 Å². The quantitative estimate of drug-likeness (QED) is 0.601. The molecule has 4 heterocycles. The first-order valence-corrected chi connectivity index (χ1v) is 7.86. The molecule has 0 aromatic carbocycles. The minimum atomic E-state index is 0.290. The molecule has 0 atom stereocenters. The fraction of sp³-hybridized carbons (Fsp3) is 0.167. The van der Waals surface area contributed by atoms with Gasteiger partial charge in [-0.3, -0.25) is 0 Å². The Balaban J connectivity index is 1.82. The van der Waals surface area contributed by atoms with E-state index in [4.69, 9.17) is 0 Å². The maximum absolute atomic E-state index is 4.54. The third-order valence-electron chi connectivity index (χ3n) is 3.93. The largest absolute Gasteiger partial charge is 0.352 e. The van der Waals surface area contributed by atoms with Gasteiger partial charge in [-0.05, 0) is 31.5 Å². The smallest absolute Gasteiger partial charge is 0.224 e. The molecule has 0 bridgehead atoms. The fourth-order valence-electron chi connectivity index (χ4n) is 2.80. The summed E-state index contributed by atoms with van der Waals surface area (Å²) < 4.78 is 1.84. The molecule has 6 nitrogen and oxygen atoms in total. The van der Waals surface area contributed by atoms with Crippen LogP contribution in [0, 0.1) is 0 Å². The zero-order valence-electron chi connectivity index (χ0n) is 13.6. The Morgan fingerprint density at radius 2 is 2.21 bits per heavy atom. The van der Waals surface area contributed by atoms with Crippen molar-refractivity contribution >= 4 is 28.6 Å². The second kappa shape index (κ2) is 5.49. The molecular weight excluding hydrogens is 300 g/mol. The zero-order chi connectivity index (χ0) is 16.7. The number of hydrogen-bond acceptors (Lipinski definition) is 4. The standard InChI is InChI=1S/C18H18N6/c1-4-12-8-21-24-6-5-13(7-16(12)24)14-9-19-17-15(14)10-20-18(23-17)22-11(2)3/h4-11H,1H2,2-3H3,(H2,19,20,22,23). The SMILES string of the molecule is C=Cc1cnn2ccc(-c3c[nH]c4nc(NC(C)C)ncc34)cc12. The van der Waals surface area contributed by atoms with Crippen LogP contribution in [0.5, 0.6) is 0 Å². The van der Waals surface area contributed by atoms with E-state index in [-0.39, 0.29) is 0 Å². The molecule has 0 radical (unpaired) electrons. The molecule has 0 saturated carbocycles. The van der Waals surface area contributed by atoms with Crippen LogP contribution < -0.4 is 5.32 Å². The maximum Gasteiger partial charge on any atom is 0.224 e. The van der Waals surface area contributed by atoms with Crippen molar-refractivity contribution in [3.63, 3.8) is 0 Å². The van der Waals surface area contributed by atoms with Gasteiger partial charge >= 0.3 is 0 Å². The Morgan fingerprint density at radius 3 is 3.00 bits per heavy atom. The summed E-state index contributed by atoms with van der Waals surface area (Å²) in [4.78, 5) is 12.2. The summed E-state index contributed by atoms with van der Waals surface area (Å²) in [7, 11) is 0. The number of nitrogens with one attached hydrogen (secondary N) is 2. The molecule has 0 fully saturated rings. The lowest BCUT2D eigenvalue weighted by Crippen LogP contribution is -2.12. The molecular formula is C18H18N6. The van der Waals surface area contributed by atoms with Crippen LogP contribution in [0.15, 0.2) is 43.5 Å². The number of aromatic nitrogens is 5. The zero-order valence-corrected chi connectivity index (χ0v) is 13.6. The minimum absolute atomic E-state index is 0.290. The highest BCUT2D eigenvalue weighted by Gasteiger charge is 2.11. The van der Waals surface area contributed by atoms with Gasteiger partial charge in [0.25, 0.3) is 0 Å². The van der Waals surface area contributed by atoms with E-state index in [1.54, 1.807) is 0 Å². The van der Waals surface area contributed by atoms with Crippen molar-refractivity contribution in [2.75, 3.05) is 5.32 Å². The fourth-order valence-corrected chi connectivity index (χ4v) is 2.80. The van der Waals surface area contributed by atoms with Crippen molar-refractivity contribution in [3.05, 3.63) is 49.1 Å². The first-order chi connectivity index (χ1) is 11.7. The van der Waals surface area contributed by atoms with E-state index < -0.39 is 0 Å². The summed E-state index contributed by atoms with van der Waals surface area (Å²) in [5, 5.41) is 8.53. The number of nitrogens with zero attached hydrogens (tertiary/aromatic N) is 4. The Morgan fingerprint density at radius 1 is 1.33 bits per heavy atom. The average Bonchev–Trinajstić information content (AvgIpc) is 3.16. The summed E-state index contributed by atoms with van der Waals surface area (Å²) in [6.45, 7) is 7.96. The molecule has 0 aliphatic heterocycles. The lowest BCUT2D eigenvalue weighted by molar-refractivity contribution is 0.877. The van der Waals surface area contributed by atoms with Gasteiger partial charge in [-0.1, -0.05) is 12.7 Å². The first-order valence-electron chi connectivity index (χ1n) is 7.86. The van der Waals surface area contributed by atoms with E-state index in [1.807, 2.05) is 41.4 Å². The molecule has 6 heteroatoms. The average molecular weight is 318 g/mol. The molecule has 0 spiro atoms. The molecule has 120 valence electrons. The molecule has 0 saturated heterocycles. The highest BCUT2D eigenvalue weighted by atomic mass is 15.2. The molecule has 0 aliphatic carbocycles. The van der Waals surface area contributed by atoms with Gasteiger partial charge < -0.3 is 10.3 Å². The predicted octanol–water partition coefficient (Wildman–Crippen LogP) is 3.74. The number of H-pyrrole nitrogens is 1. The summed E-state index contributed by atoms with van der Waals surface area (Å²) in [6.07, 6.45) is 9.40. The number of rotatable bonds is 4. The van der Waals surface area contributed by atoms with Gasteiger partial charge in [-0.2, -0.15) is 10.1 Å². The van der Waals surface area contributed by atoms with Gasteiger partial charge in [-0.15, -0.1) is 0 Å². The molecule has 24 heavy (non-hydrogen) atoms. The Labute approximate surface area is 139 Å². The highest BCUT2D eigenvalue weighted by molar-refractivity contribution is 5.94. The number of fused-ring (bicyclic) bond motifs is 2. The van der Waals surface area contributed by atoms with Crippen molar-refractivity contribution in [2.45, 2.75) is 19.9 Å². The topological polar surface area (TPSA) is 70.9 Å². The molecule has 2 N–H and O–H groups in total. The first kappa shape index (κ1) is 14.4. The number of aromatic amines is 1. The third-order valence-corrected chi connectivity index (χ3v) is 3.93. The number of hydrogen-bond donors (Lipinski definition) is 2. The van der Waals surface area contributed by atoms with Gasteiger partial charge in [0.15, 0.2) is 0 Å². The van der Waals surface area contributed by atoms with E-state index in [9.17, 15) is 0 Å². The van der Waals surface area contributed by atoms with Gasteiger partial charge in [0, 0.05) is 41.1 Å². The van der Waals surface area contributed by atoms with Crippen LogP contribution in [0.1, 0.15) is 19.4 Å². The van der Waals surface area contributed by atoms with Crippen LogP contribution in [0.2, 0.25) is 0 Å².